The van der Waals surface area contributed by atoms with E-state index in [1.807, 2.05) is 0 Å². The van der Waals surface area contributed by atoms with Gasteiger partial charge in [-0.15, -0.1) is 0 Å². The van der Waals surface area contributed by atoms with Crippen LogP contribution in [0.3, 0.4) is 0 Å². The first kappa shape index (κ1) is 56.9. The molecule has 0 heterocycles. The third kappa shape index (κ3) is 47.6. The van der Waals surface area contributed by atoms with E-state index in [9.17, 15) is 14.7 Å². The third-order valence-corrected chi connectivity index (χ3v) is 12.4. The second kappa shape index (κ2) is 50.3. The van der Waals surface area contributed by atoms with Crippen LogP contribution in [0.2, 0.25) is 0 Å². The van der Waals surface area contributed by atoms with E-state index in [1.165, 1.54) is 250 Å². The number of rotatable bonds is 50. The minimum Gasteiger partial charge on any atom is -0.462 e. The number of aliphatic hydroxyl groups excluding tert-OH is 1. The van der Waals surface area contributed by atoms with Gasteiger partial charge < -0.3 is 14.6 Å². The zero-order valence-corrected chi connectivity index (χ0v) is 39.6. The number of hydrogen-bond acceptors (Lipinski definition) is 5. The molecule has 58 heavy (non-hydrogen) atoms. The van der Waals surface area contributed by atoms with Crippen molar-refractivity contribution in [2.75, 3.05) is 13.2 Å². The lowest BCUT2D eigenvalue weighted by molar-refractivity contribution is -0.161. The monoisotopic (exact) mass is 821 g/mol. The molecule has 0 spiro atoms. The lowest BCUT2D eigenvalue weighted by Crippen LogP contribution is -2.28. The average molecular weight is 821 g/mol. The first-order valence-electron chi connectivity index (χ1n) is 26.6. The van der Waals surface area contributed by atoms with Gasteiger partial charge in [0.25, 0.3) is 0 Å². The Morgan fingerprint density at radius 2 is 0.534 bits per heavy atom. The van der Waals surface area contributed by atoms with Crippen molar-refractivity contribution in [1.82, 2.24) is 0 Å². The number of unbranched alkanes of at least 4 members (excludes halogenated alkanes) is 42. The molecule has 1 atom stereocenters. The predicted molar refractivity (Wildman–Crippen MR) is 252 cm³/mol. The molecule has 0 aromatic rings. The zero-order chi connectivity index (χ0) is 42.1. The number of ether oxygens (including phenoxy) is 2. The van der Waals surface area contributed by atoms with Crippen molar-refractivity contribution in [2.45, 2.75) is 315 Å². The molecule has 0 fully saturated rings. The van der Waals surface area contributed by atoms with Crippen LogP contribution in [0.15, 0.2) is 0 Å². The second-order valence-corrected chi connectivity index (χ2v) is 18.3. The van der Waals surface area contributed by atoms with Gasteiger partial charge >= 0.3 is 11.9 Å². The van der Waals surface area contributed by atoms with Crippen LogP contribution in [-0.2, 0) is 19.1 Å². The van der Waals surface area contributed by atoms with Gasteiger partial charge in [0.15, 0.2) is 6.10 Å². The van der Waals surface area contributed by atoms with E-state index in [0.717, 1.165) is 32.1 Å². The molecule has 0 saturated carbocycles. The summed E-state index contributed by atoms with van der Waals surface area (Å²) in [6.07, 6.45) is 59.2. The van der Waals surface area contributed by atoms with Gasteiger partial charge in [0.1, 0.15) is 6.61 Å². The van der Waals surface area contributed by atoms with Crippen LogP contribution >= 0.6 is 0 Å². The molecule has 5 nitrogen and oxygen atoms in total. The fourth-order valence-corrected chi connectivity index (χ4v) is 8.38. The number of hydrogen-bond donors (Lipinski definition) is 1. The molecule has 1 unspecified atom stereocenters. The molecular formula is C53H104O5. The Hall–Kier alpha value is -1.10. The second-order valence-electron chi connectivity index (χ2n) is 18.3. The predicted octanol–water partition coefficient (Wildman–Crippen LogP) is 17.4. The summed E-state index contributed by atoms with van der Waals surface area (Å²) in [5.41, 5.74) is 0. The van der Waals surface area contributed by atoms with Crippen LogP contribution in [0.1, 0.15) is 309 Å². The fourth-order valence-electron chi connectivity index (χ4n) is 8.38. The molecule has 1 N–H and O–H groups in total. The summed E-state index contributed by atoms with van der Waals surface area (Å²) in [5.74, 6) is -0.565. The third-order valence-electron chi connectivity index (χ3n) is 12.4. The van der Waals surface area contributed by atoms with Crippen molar-refractivity contribution >= 4 is 11.9 Å². The topological polar surface area (TPSA) is 72.8 Å². The van der Waals surface area contributed by atoms with E-state index in [-0.39, 0.29) is 25.2 Å². The van der Waals surface area contributed by atoms with Crippen LogP contribution in [0.4, 0.5) is 0 Å². The lowest BCUT2D eigenvalue weighted by atomic mass is 10.0. The van der Waals surface area contributed by atoms with Gasteiger partial charge in [0.05, 0.1) is 6.61 Å². The molecule has 0 radical (unpaired) electrons. The maximum Gasteiger partial charge on any atom is 0.306 e. The summed E-state index contributed by atoms with van der Waals surface area (Å²) in [5, 5.41) is 9.63. The number of aliphatic hydroxyl groups is 1. The molecule has 0 aliphatic heterocycles. The Morgan fingerprint density at radius 1 is 0.328 bits per heavy atom. The molecule has 0 aliphatic carbocycles. The van der Waals surface area contributed by atoms with Crippen molar-refractivity contribution in [1.29, 1.82) is 0 Å². The van der Waals surface area contributed by atoms with Crippen molar-refractivity contribution in [3.63, 3.8) is 0 Å². The van der Waals surface area contributed by atoms with Crippen molar-refractivity contribution < 1.29 is 24.2 Å². The summed E-state index contributed by atoms with van der Waals surface area (Å²) in [6, 6.07) is 0. The summed E-state index contributed by atoms with van der Waals surface area (Å²) in [4.78, 5) is 24.5. The largest absolute Gasteiger partial charge is 0.462 e. The Bertz CT molecular complexity index is 799. The van der Waals surface area contributed by atoms with Crippen LogP contribution < -0.4 is 0 Å². The highest BCUT2D eigenvalue weighted by molar-refractivity contribution is 5.70. The van der Waals surface area contributed by atoms with Crippen LogP contribution in [0.25, 0.3) is 0 Å². The van der Waals surface area contributed by atoms with Gasteiger partial charge in [-0.2, -0.15) is 0 Å². The Morgan fingerprint density at radius 3 is 0.759 bits per heavy atom. The quantitative estimate of drug-likeness (QED) is 0.0489. The molecule has 0 saturated heterocycles. The van der Waals surface area contributed by atoms with Gasteiger partial charge in [-0.3, -0.25) is 9.59 Å². The van der Waals surface area contributed by atoms with Gasteiger partial charge in [-0.05, 0) is 12.8 Å². The minimum absolute atomic E-state index is 0.0559. The molecule has 0 amide bonds. The minimum atomic E-state index is -0.763. The maximum atomic E-state index is 12.3. The van der Waals surface area contributed by atoms with Crippen molar-refractivity contribution in [3.05, 3.63) is 0 Å². The van der Waals surface area contributed by atoms with Crippen LogP contribution in [0, 0.1) is 0 Å². The van der Waals surface area contributed by atoms with Gasteiger partial charge in [0, 0.05) is 12.8 Å². The number of carbonyl (C=O) groups is 2. The zero-order valence-electron chi connectivity index (χ0n) is 39.6. The molecular weight excluding hydrogens is 717 g/mol. The van der Waals surface area contributed by atoms with Crippen LogP contribution in [-0.4, -0.2) is 36.4 Å². The van der Waals surface area contributed by atoms with Gasteiger partial charge in [0.2, 0.25) is 0 Å². The Kier molecular flexibility index (Phi) is 49.3. The van der Waals surface area contributed by atoms with Gasteiger partial charge in [-0.25, -0.2) is 0 Å². The highest BCUT2D eigenvalue weighted by Crippen LogP contribution is 2.18. The van der Waals surface area contributed by atoms with Gasteiger partial charge in [-0.1, -0.05) is 284 Å². The normalized spacial score (nSPS) is 12.0. The highest BCUT2D eigenvalue weighted by Gasteiger charge is 2.16. The fraction of sp³-hybridized carbons (Fsp3) is 0.962. The molecule has 0 rings (SSSR count). The summed E-state index contributed by atoms with van der Waals surface area (Å²) in [6.45, 7) is 4.20. The average Bonchev–Trinajstić information content (AvgIpc) is 3.23. The molecule has 5 heteroatoms. The van der Waals surface area contributed by atoms with Crippen LogP contribution in [0.5, 0.6) is 0 Å². The first-order chi connectivity index (χ1) is 28.6. The van der Waals surface area contributed by atoms with E-state index in [4.69, 9.17) is 9.47 Å². The van der Waals surface area contributed by atoms with E-state index >= 15 is 0 Å². The van der Waals surface area contributed by atoms with Crippen molar-refractivity contribution in [2.24, 2.45) is 0 Å². The molecule has 346 valence electrons. The Labute approximate surface area is 363 Å². The summed E-state index contributed by atoms with van der Waals surface area (Å²) in [7, 11) is 0. The van der Waals surface area contributed by atoms with Crippen molar-refractivity contribution in [3.8, 4) is 0 Å². The number of esters is 2. The standard InChI is InChI=1S/C53H104O5/c1-3-5-7-9-11-13-15-17-19-21-23-24-25-26-27-28-30-32-34-36-38-40-42-44-46-48-53(56)58-51(49-54)50-57-52(55)47-45-43-41-39-37-35-33-31-29-22-20-18-16-14-12-10-8-6-4-2/h51,54H,3-50H2,1-2H3. The SMILES string of the molecule is CCCCCCCCCCCCCCCCCCCCCCCCCCCC(=O)OC(CO)COC(=O)CCCCCCCCCCCCCCCCCCCCC. The highest BCUT2D eigenvalue weighted by atomic mass is 16.6. The lowest BCUT2D eigenvalue weighted by Gasteiger charge is -2.15. The smallest absolute Gasteiger partial charge is 0.306 e. The molecule has 0 aromatic carbocycles. The van der Waals surface area contributed by atoms with E-state index in [2.05, 4.69) is 13.8 Å². The number of carbonyl (C=O) groups excluding carboxylic acids is 2. The molecule has 0 aliphatic rings. The Balaban J connectivity index is 3.41. The van der Waals surface area contributed by atoms with E-state index in [0.29, 0.717) is 12.8 Å². The molecule has 0 bridgehead atoms. The van der Waals surface area contributed by atoms with E-state index < -0.39 is 6.10 Å². The first-order valence-corrected chi connectivity index (χ1v) is 26.6. The molecule has 0 aromatic heterocycles. The summed E-state index contributed by atoms with van der Waals surface area (Å²) < 4.78 is 10.7. The maximum absolute atomic E-state index is 12.3. The van der Waals surface area contributed by atoms with E-state index in [1.54, 1.807) is 0 Å². The summed E-state index contributed by atoms with van der Waals surface area (Å²) >= 11 is 0.